The zero-order chi connectivity index (χ0) is 27.6. The molecule has 0 saturated carbocycles. The van der Waals surface area contributed by atoms with Crippen LogP contribution in [0.25, 0.3) is 0 Å². The molecule has 3 atom stereocenters. The Labute approximate surface area is 212 Å². The molecule has 0 saturated heterocycles. The standard InChI is InChI=1S/C23H33F2N3O7S/c1-12(2)9-15(19(30)26-14(11-17(24)25)18(29)21(32)33)27-20(31)16(10-13-7-6-8-36-13)28-22(34)35-23(3,4)5/h6-8,12,14-17H,9-11H2,1-5H3,(H,26,30)(H,27,31)(H,28,34)(H,32,33). The quantitative estimate of drug-likeness (QED) is 0.285. The predicted octanol–water partition coefficient (Wildman–Crippen LogP) is 2.51. The number of Topliss-reactive ketones (excluding diaryl/α,β-unsaturated/α-hetero) is 1. The maximum atomic E-state index is 13.1. The van der Waals surface area contributed by atoms with E-state index in [-0.39, 0.29) is 18.8 Å². The first-order valence-corrected chi connectivity index (χ1v) is 12.1. The number of alkyl carbamates (subject to hydrolysis) is 1. The van der Waals surface area contributed by atoms with Crippen LogP contribution >= 0.6 is 11.3 Å². The van der Waals surface area contributed by atoms with Crippen molar-refractivity contribution in [3.05, 3.63) is 22.4 Å². The van der Waals surface area contributed by atoms with Gasteiger partial charge in [-0.2, -0.15) is 0 Å². The highest BCUT2D eigenvalue weighted by Crippen LogP contribution is 2.14. The first kappa shape index (κ1) is 30.9. The van der Waals surface area contributed by atoms with Crippen LogP contribution in [0.4, 0.5) is 13.6 Å². The Morgan fingerprint density at radius 1 is 0.972 bits per heavy atom. The SMILES string of the molecule is CC(C)CC(NC(=O)C(Cc1cccs1)NC(=O)OC(C)(C)C)C(=O)NC(CC(F)F)C(=O)C(=O)O. The molecule has 0 fully saturated rings. The fraction of sp³-hybridized carbons (Fsp3) is 0.609. The van der Waals surface area contributed by atoms with Crippen LogP contribution < -0.4 is 16.0 Å². The van der Waals surface area contributed by atoms with E-state index in [2.05, 4.69) is 10.6 Å². The first-order valence-electron chi connectivity index (χ1n) is 11.3. The molecule has 0 aliphatic heterocycles. The highest BCUT2D eigenvalue weighted by Gasteiger charge is 2.34. The molecule has 1 heterocycles. The minimum Gasteiger partial charge on any atom is -0.475 e. The van der Waals surface area contributed by atoms with Gasteiger partial charge in [0.1, 0.15) is 23.7 Å². The molecular weight excluding hydrogens is 500 g/mol. The Bertz CT molecular complexity index is 917. The third-order valence-electron chi connectivity index (χ3n) is 4.59. The number of amides is 3. The van der Waals surface area contributed by atoms with Gasteiger partial charge in [0.2, 0.25) is 18.2 Å². The number of nitrogens with one attached hydrogen (secondary N) is 3. The molecule has 10 nitrogen and oxygen atoms in total. The van der Waals surface area contributed by atoms with Gasteiger partial charge in [0.25, 0.3) is 5.78 Å². The molecule has 1 rings (SSSR count). The maximum Gasteiger partial charge on any atom is 0.408 e. The van der Waals surface area contributed by atoms with Crippen molar-refractivity contribution < 1.29 is 42.6 Å². The predicted molar refractivity (Wildman–Crippen MR) is 128 cm³/mol. The molecule has 13 heteroatoms. The van der Waals surface area contributed by atoms with Crippen molar-refractivity contribution in [3.8, 4) is 0 Å². The summed E-state index contributed by atoms with van der Waals surface area (Å²) >= 11 is 1.35. The molecule has 0 aliphatic rings. The van der Waals surface area contributed by atoms with Gasteiger partial charge in [0, 0.05) is 17.7 Å². The lowest BCUT2D eigenvalue weighted by atomic mass is 10.0. The van der Waals surface area contributed by atoms with E-state index in [4.69, 9.17) is 9.84 Å². The number of carboxylic acid groups (broad SMARTS) is 1. The average molecular weight is 534 g/mol. The van der Waals surface area contributed by atoms with Crippen molar-refractivity contribution in [2.24, 2.45) is 5.92 Å². The molecule has 1 aromatic heterocycles. The molecule has 0 aliphatic carbocycles. The number of thiophene rings is 1. The van der Waals surface area contributed by atoms with Gasteiger partial charge in [0.15, 0.2) is 0 Å². The van der Waals surface area contributed by atoms with Crippen LogP contribution in [0.5, 0.6) is 0 Å². The molecule has 0 radical (unpaired) electrons. The van der Waals surface area contributed by atoms with Gasteiger partial charge in [-0.25, -0.2) is 18.4 Å². The molecule has 3 unspecified atom stereocenters. The topological polar surface area (TPSA) is 151 Å². The number of rotatable bonds is 13. The highest BCUT2D eigenvalue weighted by molar-refractivity contribution is 7.09. The highest BCUT2D eigenvalue weighted by atomic mass is 32.1. The molecule has 0 spiro atoms. The lowest BCUT2D eigenvalue weighted by Crippen LogP contribution is -2.57. The van der Waals surface area contributed by atoms with E-state index in [1.807, 2.05) is 5.32 Å². The summed E-state index contributed by atoms with van der Waals surface area (Å²) in [7, 11) is 0. The lowest BCUT2D eigenvalue weighted by Gasteiger charge is -2.26. The second-order valence-corrected chi connectivity index (χ2v) is 10.6. The van der Waals surface area contributed by atoms with Gasteiger partial charge in [-0.1, -0.05) is 19.9 Å². The number of aliphatic carboxylic acids is 1. The Balaban J connectivity index is 3.10. The van der Waals surface area contributed by atoms with E-state index in [1.165, 1.54) is 11.3 Å². The van der Waals surface area contributed by atoms with Crippen molar-refractivity contribution >= 4 is 41.0 Å². The van der Waals surface area contributed by atoms with E-state index >= 15 is 0 Å². The van der Waals surface area contributed by atoms with Crippen molar-refractivity contribution in [1.82, 2.24) is 16.0 Å². The Kier molecular flexibility index (Phi) is 11.9. The summed E-state index contributed by atoms with van der Waals surface area (Å²) in [5, 5.41) is 17.7. The number of hydrogen-bond acceptors (Lipinski definition) is 7. The van der Waals surface area contributed by atoms with Crippen LogP contribution in [0.15, 0.2) is 17.5 Å². The van der Waals surface area contributed by atoms with Crippen molar-refractivity contribution in [1.29, 1.82) is 0 Å². The summed E-state index contributed by atoms with van der Waals surface area (Å²) < 4.78 is 31.0. The van der Waals surface area contributed by atoms with Crippen molar-refractivity contribution in [3.63, 3.8) is 0 Å². The fourth-order valence-electron chi connectivity index (χ4n) is 3.10. The van der Waals surface area contributed by atoms with Crippen molar-refractivity contribution in [2.75, 3.05) is 0 Å². The van der Waals surface area contributed by atoms with E-state index in [1.54, 1.807) is 52.1 Å². The van der Waals surface area contributed by atoms with Gasteiger partial charge in [0.05, 0.1) is 0 Å². The van der Waals surface area contributed by atoms with E-state index in [0.717, 1.165) is 4.88 Å². The van der Waals surface area contributed by atoms with Crippen LogP contribution in [-0.2, 0) is 30.3 Å². The molecule has 0 aromatic carbocycles. The molecule has 1 aromatic rings. The van der Waals surface area contributed by atoms with Gasteiger partial charge in [-0.15, -0.1) is 11.3 Å². The zero-order valence-corrected chi connectivity index (χ0v) is 21.6. The number of ether oxygens (including phenoxy) is 1. The normalized spacial score (nSPS) is 14.0. The van der Waals surface area contributed by atoms with Crippen molar-refractivity contribution in [2.45, 2.75) is 84.0 Å². The number of alkyl halides is 2. The molecule has 4 N–H and O–H groups in total. The minimum atomic E-state index is -3.05. The third-order valence-corrected chi connectivity index (χ3v) is 5.49. The second-order valence-electron chi connectivity index (χ2n) is 9.53. The van der Waals surface area contributed by atoms with Crippen LogP contribution in [-0.4, -0.2) is 64.9 Å². The Morgan fingerprint density at radius 3 is 2.03 bits per heavy atom. The summed E-state index contributed by atoms with van der Waals surface area (Å²) in [4.78, 5) is 61.9. The molecular formula is C23H33F2N3O7S. The van der Waals surface area contributed by atoms with Gasteiger partial charge >= 0.3 is 12.1 Å². The molecule has 0 bridgehead atoms. The maximum absolute atomic E-state index is 13.1. The Hall–Kier alpha value is -3.09. The average Bonchev–Trinajstić information content (AvgIpc) is 3.22. The van der Waals surface area contributed by atoms with Gasteiger partial charge in [-0.05, 0) is 44.6 Å². The molecule has 3 amide bonds. The minimum absolute atomic E-state index is 0.0540. The largest absolute Gasteiger partial charge is 0.475 e. The van der Waals surface area contributed by atoms with E-state index < -0.39 is 66.2 Å². The van der Waals surface area contributed by atoms with Crippen LogP contribution in [0.3, 0.4) is 0 Å². The van der Waals surface area contributed by atoms with E-state index in [0.29, 0.717) is 0 Å². The number of carbonyl (C=O) groups excluding carboxylic acids is 4. The van der Waals surface area contributed by atoms with E-state index in [9.17, 15) is 32.8 Å². The monoisotopic (exact) mass is 533 g/mol. The molecule has 36 heavy (non-hydrogen) atoms. The van der Waals surface area contributed by atoms with Crippen LogP contribution in [0.1, 0.15) is 52.3 Å². The molecule has 202 valence electrons. The second kappa shape index (κ2) is 13.9. The number of hydrogen-bond donors (Lipinski definition) is 4. The third kappa shape index (κ3) is 11.6. The number of halogens is 2. The van der Waals surface area contributed by atoms with Gasteiger partial charge < -0.3 is 25.8 Å². The fourth-order valence-corrected chi connectivity index (χ4v) is 3.85. The smallest absolute Gasteiger partial charge is 0.408 e. The van der Waals surface area contributed by atoms with Gasteiger partial charge in [-0.3, -0.25) is 14.4 Å². The summed E-state index contributed by atoms with van der Waals surface area (Å²) in [5.74, 6) is -5.46. The number of ketones is 1. The van der Waals surface area contributed by atoms with Crippen LogP contribution in [0.2, 0.25) is 0 Å². The van der Waals surface area contributed by atoms with Crippen LogP contribution in [0, 0.1) is 5.92 Å². The summed E-state index contributed by atoms with van der Waals surface area (Å²) in [6.45, 7) is 8.44. The Morgan fingerprint density at radius 2 is 1.56 bits per heavy atom. The first-order chi connectivity index (χ1) is 16.6. The zero-order valence-electron chi connectivity index (χ0n) is 20.8. The number of carbonyl (C=O) groups is 5. The lowest BCUT2D eigenvalue weighted by molar-refractivity contribution is -0.151. The summed E-state index contributed by atoms with van der Waals surface area (Å²) in [6, 6.07) is -0.876. The number of carboxylic acids is 1. The summed E-state index contributed by atoms with van der Waals surface area (Å²) in [5.41, 5.74) is -0.829. The summed E-state index contributed by atoms with van der Waals surface area (Å²) in [6.07, 6.45) is -4.96.